The number of ether oxygens (including phenoxy) is 1. The number of hydrogen-bond acceptors (Lipinski definition) is 6. The van der Waals surface area contributed by atoms with Gasteiger partial charge in [-0.1, -0.05) is 6.92 Å². The zero-order chi connectivity index (χ0) is 15.1. The smallest absolute Gasteiger partial charge is 0.306 e. The number of nitrogens with zero attached hydrogens (tertiary/aromatic N) is 1. The first-order chi connectivity index (χ1) is 10.2. The highest BCUT2D eigenvalue weighted by atomic mass is 32.1. The second-order valence-electron chi connectivity index (χ2n) is 4.52. The van der Waals surface area contributed by atoms with Gasteiger partial charge in [0.25, 0.3) is 0 Å². The maximum Gasteiger partial charge on any atom is 0.306 e. The van der Waals surface area contributed by atoms with Crippen LogP contribution in [0.5, 0.6) is 0 Å². The summed E-state index contributed by atoms with van der Waals surface area (Å²) in [7, 11) is 0. The van der Waals surface area contributed by atoms with Gasteiger partial charge in [0, 0.05) is 21.6 Å². The first kappa shape index (κ1) is 16.0. The molecule has 0 aliphatic heterocycles. The highest BCUT2D eigenvalue weighted by Crippen LogP contribution is 2.21. The number of aryl methyl sites for hydroxylation is 2. The van der Waals surface area contributed by atoms with Crippen LogP contribution in [0.4, 0.5) is 5.13 Å². The molecule has 0 fully saturated rings. The van der Waals surface area contributed by atoms with E-state index in [4.69, 9.17) is 4.74 Å². The molecule has 6 heteroatoms. The van der Waals surface area contributed by atoms with Crippen molar-refractivity contribution in [1.82, 2.24) is 4.98 Å². The van der Waals surface area contributed by atoms with Crippen molar-refractivity contribution in [2.75, 3.05) is 11.9 Å². The lowest BCUT2D eigenvalue weighted by Gasteiger charge is -2.00. The minimum atomic E-state index is -0.161. The lowest BCUT2D eigenvalue weighted by Crippen LogP contribution is -2.05. The van der Waals surface area contributed by atoms with Crippen LogP contribution in [-0.4, -0.2) is 17.6 Å². The van der Waals surface area contributed by atoms with Crippen molar-refractivity contribution in [3.63, 3.8) is 0 Å². The molecule has 1 N–H and O–H groups in total. The molecule has 2 heterocycles. The van der Waals surface area contributed by atoms with Gasteiger partial charge in [0.05, 0.1) is 25.3 Å². The minimum absolute atomic E-state index is 0.161. The number of thiazole rings is 1. The Hall–Kier alpha value is -1.40. The summed E-state index contributed by atoms with van der Waals surface area (Å²) in [5.41, 5.74) is 0.941. The molecule has 0 atom stereocenters. The highest BCUT2D eigenvalue weighted by molar-refractivity contribution is 7.13. The van der Waals surface area contributed by atoms with Gasteiger partial charge in [0.2, 0.25) is 0 Å². The van der Waals surface area contributed by atoms with E-state index in [2.05, 4.69) is 29.4 Å². The lowest BCUT2D eigenvalue weighted by atomic mass is 10.2. The van der Waals surface area contributed by atoms with Gasteiger partial charge in [-0.05, 0) is 25.5 Å². The third-order valence-corrected chi connectivity index (χ3v) is 5.00. The summed E-state index contributed by atoms with van der Waals surface area (Å²) < 4.78 is 4.91. The average molecular weight is 324 g/mol. The zero-order valence-corrected chi connectivity index (χ0v) is 14.0. The molecule has 0 aliphatic carbocycles. The molecule has 0 spiro atoms. The first-order valence-electron chi connectivity index (χ1n) is 7.12. The van der Waals surface area contributed by atoms with Crippen molar-refractivity contribution < 1.29 is 9.53 Å². The van der Waals surface area contributed by atoms with Crippen LogP contribution in [0, 0.1) is 0 Å². The van der Waals surface area contributed by atoms with E-state index < -0.39 is 0 Å². The largest absolute Gasteiger partial charge is 0.466 e. The molecule has 2 aromatic heterocycles. The Morgan fingerprint density at radius 1 is 1.33 bits per heavy atom. The molecule has 21 heavy (non-hydrogen) atoms. The van der Waals surface area contributed by atoms with Crippen molar-refractivity contribution in [2.45, 2.75) is 39.7 Å². The van der Waals surface area contributed by atoms with Gasteiger partial charge in [0.1, 0.15) is 0 Å². The maximum atomic E-state index is 11.3. The van der Waals surface area contributed by atoms with Gasteiger partial charge in [0.15, 0.2) is 5.13 Å². The van der Waals surface area contributed by atoms with Crippen LogP contribution in [0.2, 0.25) is 0 Å². The summed E-state index contributed by atoms with van der Waals surface area (Å²) in [5, 5.41) is 6.23. The molecule has 0 aliphatic rings. The molecule has 0 radical (unpaired) electrons. The van der Waals surface area contributed by atoms with Crippen LogP contribution in [0.3, 0.4) is 0 Å². The second-order valence-corrected chi connectivity index (χ2v) is 6.64. The molecule has 114 valence electrons. The fourth-order valence-corrected chi connectivity index (χ4v) is 3.48. The molecule has 4 nitrogen and oxygen atoms in total. The number of carbonyl (C=O) groups is 1. The van der Waals surface area contributed by atoms with Crippen LogP contribution in [-0.2, 0) is 28.9 Å². The van der Waals surface area contributed by atoms with Crippen molar-refractivity contribution in [2.24, 2.45) is 0 Å². The molecular formula is C15H20N2O2S2. The summed E-state index contributed by atoms with van der Waals surface area (Å²) in [4.78, 5) is 18.5. The Morgan fingerprint density at radius 3 is 2.86 bits per heavy atom. The Morgan fingerprint density at radius 2 is 2.14 bits per heavy atom. The highest BCUT2D eigenvalue weighted by Gasteiger charge is 2.07. The summed E-state index contributed by atoms with van der Waals surface area (Å²) in [5.74, 6) is -0.161. The summed E-state index contributed by atoms with van der Waals surface area (Å²) in [6.07, 6.45) is 2.11. The molecule has 0 amide bonds. The Balaban J connectivity index is 1.78. The van der Waals surface area contributed by atoms with E-state index in [0.29, 0.717) is 19.4 Å². The number of rotatable bonds is 8. The summed E-state index contributed by atoms with van der Waals surface area (Å²) >= 11 is 3.41. The van der Waals surface area contributed by atoms with E-state index in [-0.39, 0.29) is 5.97 Å². The number of thiophene rings is 1. The third kappa shape index (κ3) is 5.13. The number of anilines is 1. The first-order valence-corrected chi connectivity index (χ1v) is 8.82. The molecule has 0 saturated heterocycles. The normalized spacial score (nSPS) is 10.6. The van der Waals surface area contributed by atoms with Crippen LogP contribution in [0.15, 0.2) is 17.5 Å². The van der Waals surface area contributed by atoms with E-state index >= 15 is 0 Å². The van der Waals surface area contributed by atoms with E-state index in [1.165, 1.54) is 9.75 Å². The molecule has 0 saturated carbocycles. The van der Waals surface area contributed by atoms with Crippen LogP contribution >= 0.6 is 22.7 Å². The quantitative estimate of drug-likeness (QED) is 0.749. The Labute approximate surface area is 133 Å². The van der Waals surface area contributed by atoms with Crippen LogP contribution in [0.25, 0.3) is 0 Å². The second kappa shape index (κ2) is 8.14. The number of esters is 1. The van der Waals surface area contributed by atoms with Gasteiger partial charge in [-0.3, -0.25) is 4.79 Å². The molecule has 0 unspecified atom stereocenters. The number of carbonyl (C=O) groups excluding carboxylic acids is 1. The summed E-state index contributed by atoms with van der Waals surface area (Å²) in [6.45, 7) is 5.22. The minimum Gasteiger partial charge on any atom is -0.466 e. The van der Waals surface area contributed by atoms with E-state index in [9.17, 15) is 4.79 Å². The topological polar surface area (TPSA) is 51.2 Å². The Kier molecular flexibility index (Phi) is 6.20. The van der Waals surface area contributed by atoms with Gasteiger partial charge in [-0.15, -0.1) is 22.7 Å². The number of nitrogens with one attached hydrogen (secondary N) is 1. The number of aromatic nitrogens is 1. The molecular weight excluding hydrogens is 304 g/mol. The van der Waals surface area contributed by atoms with Crippen LogP contribution < -0.4 is 5.32 Å². The van der Waals surface area contributed by atoms with Gasteiger partial charge in [-0.25, -0.2) is 4.98 Å². The molecule has 0 aromatic carbocycles. The van der Waals surface area contributed by atoms with E-state index in [0.717, 1.165) is 23.8 Å². The SMILES string of the molecule is CCOC(=O)CCc1csc(NCc2ccc(CC)s2)n1. The van der Waals surface area contributed by atoms with Gasteiger partial charge >= 0.3 is 5.97 Å². The monoisotopic (exact) mass is 324 g/mol. The van der Waals surface area contributed by atoms with Crippen LogP contribution in [0.1, 0.15) is 35.7 Å². The van der Waals surface area contributed by atoms with Gasteiger partial charge in [-0.2, -0.15) is 0 Å². The zero-order valence-electron chi connectivity index (χ0n) is 12.3. The predicted octanol–water partition coefficient (Wildman–Crippen LogP) is 3.87. The molecule has 2 aromatic rings. The van der Waals surface area contributed by atoms with Crippen molar-refractivity contribution in [3.05, 3.63) is 33.0 Å². The van der Waals surface area contributed by atoms with Crippen molar-refractivity contribution in [3.8, 4) is 0 Å². The van der Waals surface area contributed by atoms with E-state index in [1.54, 1.807) is 11.3 Å². The van der Waals surface area contributed by atoms with Gasteiger partial charge < -0.3 is 10.1 Å². The lowest BCUT2D eigenvalue weighted by molar-refractivity contribution is -0.143. The maximum absolute atomic E-state index is 11.3. The fraction of sp³-hybridized carbons (Fsp3) is 0.467. The van der Waals surface area contributed by atoms with E-state index in [1.807, 2.05) is 23.6 Å². The standard InChI is InChI=1S/C15H20N2O2S2/c1-3-12-6-7-13(21-12)9-16-15-17-11(10-20-15)5-8-14(18)19-4-2/h6-7,10H,3-5,8-9H2,1-2H3,(H,16,17). The number of hydrogen-bond donors (Lipinski definition) is 1. The molecule has 0 bridgehead atoms. The van der Waals surface area contributed by atoms with Crippen molar-refractivity contribution >= 4 is 33.8 Å². The Bertz CT molecular complexity index is 578. The predicted molar refractivity (Wildman–Crippen MR) is 88.1 cm³/mol. The van der Waals surface area contributed by atoms with Crippen molar-refractivity contribution in [1.29, 1.82) is 0 Å². The summed E-state index contributed by atoms with van der Waals surface area (Å²) in [6, 6.07) is 4.33. The molecule has 2 rings (SSSR count). The fourth-order valence-electron chi connectivity index (χ4n) is 1.84. The average Bonchev–Trinajstić information content (AvgIpc) is 3.12. The third-order valence-electron chi connectivity index (χ3n) is 2.92.